The molecular weight excluding hydrogens is 427 g/mol. The molecule has 0 unspecified atom stereocenters. The quantitative estimate of drug-likeness (QED) is 0.352. The van der Waals surface area contributed by atoms with E-state index < -0.39 is 29.2 Å². The first-order chi connectivity index (χ1) is 14.3. The van der Waals surface area contributed by atoms with Gasteiger partial charge in [-0.05, 0) is 0 Å². The summed E-state index contributed by atoms with van der Waals surface area (Å²) < 4.78 is 47.4. The molecule has 30 heavy (non-hydrogen) atoms. The third-order valence-corrected chi connectivity index (χ3v) is 11.8. The van der Waals surface area contributed by atoms with Crippen LogP contribution in [0.25, 0.3) is 0 Å². The van der Waals surface area contributed by atoms with Gasteiger partial charge in [-0.1, -0.05) is 0 Å². The minimum atomic E-state index is -4.92. The normalized spacial score (nSPS) is 13.3. The predicted molar refractivity (Wildman–Crippen MR) is 108 cm³/mol. The van der Waals surface area contributed by atoms with E-state index in [1.165, 1.54) is 0 Å². The van der Waals surface area contributed by atoms with Crippen LogP contribution in [0, 0.1) is 10.2 Å². The van der Waals surface area contributed by atoms with Crippen molar-refractivity contribution in [2.24, 2.45) is 0 Å². The summed E-state index contributed by atoms with van der Waals surface area (Å²) >= 11 is 0. The van der Waals surface area contributed by atoms with Gasteiger partial charge in [-0.3, -0.25) is 0 Å². The van der Waals surface area contributed by atoms with E-state index in [0.29, 0.717) is 15.9 Å². The van der Waals surface area contributed by atoms with Crippen molar-refractivity contribution in [2.45, 2.75) is 6.92 Å². The molecule has 0 aliphatic heterocycles. The fourth-order valence-electron chi connectivity index (χ4n) is 3.73. The summed E-state index contributed by atoms with van der Waals surface area (Å²) in [5, 5.41) is 1.29. The Kier molecular flexibility index (Phi) is 6.58. The van der Waals surface area contributed by atoms with E-state index >= 15 is 0 Å². The van der Waals surface area contributed by atoms with Gasteiger partial charge in [0.05, 0.1) is 0 Å². The fraction of sp³-hybridized carbons (Fsp3) is 0.136. The molecule has 3 rings (SSSR count). The Morgan fingerprint density at radius 3 is 1.43 bits per heavy atom. The van der Waals surface area contributed by atoms with E-state index in [0.717, 1.165) is 0 Å². The Morgan fingerprint density at radius 1 is 0.767 bits per heavy atom. The minimum absolute atomic E-state index is 0.103. The van der Waals surface area contributed by atoms with Crippen LogP contribution in [0.1, 0.15) is 6.92 Å². The average Bonchev–Trinajstić information content (AvgIpc) is 2.74. The third-order valence-electron chi connectivity index (χ3n) is 4.88. The zero-order valence-corrected chi connectivity index (χ0v) is 18.0. The van der Waals surface area contributed by atoms with Gasteiger partial charge < -0.3 is 0 Å². The average molecular weight is 449 g/mol. The Bertz CT molecular complexity index is 877. The molecule has 0 aliphatic rings. The second-order valence-corrected chi connectivity index (χ2v) is 12.2. The van der Waals surface area contributed by atoms with Crippen molar-refractivity contribution in [2.75, 3.05) is 12.8 Å². The zero-order valence-electron chi connectivity index (χ0n) is 16.3. The first-order valence-corrected chi connectivity index (χ1v) is 12.9. The van der Waals surface area contributed by atoms with Crippen molar-refractivity contribution in [3.63, 3.8) is 0 Å². The Morgan fingerprint density at radius 2 is 1.13 bits per heavy atom. The molecular formula is C22H22ClO6P. The first-order valence-electron chi connectivity index (χ1n) is 9.28. The molecule has 0 radical (unpaired) electrons. The van der Waals surface area contributed by atoms with Gasteiger partial charge in [0, 0.05) is 0 Å². The molecule has 0 aliphatic carbocycles. The summed E-state index contributed by atoms with van der Waals surface area (Å²) in [5.41, 5.74) is 0. The molecule has 0 aromatic heterocycles. The monoisotopic (exact) mass is 448 g/mol. The molecule has 0 amide bonds. The number of halogens is 1. The van der Waals surface area contributed by atoms with Crippen molar-refractivity contribution in [3.8, 4) is 0 Å². The summed E-state index contributed by atoms with van der Waals surface area (Å²) in [6.07, 6.45) is -0.439. The molecule has 3 aromatic rings. The Balaban J connectivity index is 2.52. The van der Waals surface area contributed by atoms with E-state index in [4.69, 9.17) is 8.81 Å². The summed E-state index contributed by atoms with van der Waals surface area (Å²) in [7, 11) is -4.92. The second-order valence-electron chi connectivity index (χ2n) is 6.63. The van der Waals surface area contributed by atoms with Crippen molar-refractivity contribution in [1.82, 2.24) is 0 Å². The van der Waals surface area contributed by atoms with E-state index in [2.05, 4.69) is 0 Å². The molecule has 0 bridgehead atoms. The van der Waals surface area contributed by atoms with Crippen LogP contribution in [-0.2, 0) is 13.6 Å². The van der Waals surface area contributed by atoms with Crippen LogP contribution in [0.3, 0.4) is 0 Å². The molecule has 0 fully saturated rings. The fourth-order valence-corrected chi connectivity index (χ4v) is 10.8. The Hall–Kier alpha value is -2.31. The van der Waals surface area contributed by atoms with Crippen LogP contribution >= 0.6 is 6.83 Å². The van der Waals surface area contributed by atoms with Crippen LogP contribution < -0.4 is 29.9 Å². The van der Waals surface area contributed by atoms with Gasteiger partial charge in [-0.15, -0.1) is 0 Å². The zero-order chi connectivity index (χ0) is 21.7. The number of hydrogen-bond donors (Lipinski definition) is 0. The maximum absolute atomic E-state index is 12.9. The van der Waals surface area contributed by atoms with Crippen LogP contribution in [0.2, 0.25) is 0 Å². The van der Waals surface area contributed by atoms with Crippen LogP contribution in [-0.4, -0.2) is 18.7 Å². The topological polar surface area (TPSA) is 105 Å². The molecule has 3 aromatic carbocycles. The number of benzene rings is 3. The van der Waals surface area contributed by atoms with Gasteiger partial charge >= 0.3 is 177 Å². The van der Waals surface area contributed by atoms with Crippen molar-refractivity contribution >= 4 is 28.7 Å². The van der Waals surface area contributed by atoms with Gasteiger partial charge in [0.1, 0.15) is 0 Å². The van der Waals surface area contributed by atoms with Gasteiger partial charge in [-0.2, -0.15) is 0 Å². The van der Waals surface area contributed by atoms with Crippen molar-refractivity contribution in [3.05, 3.63) is 91.0 Å². The standard InChI is InChI=1S/C22H22ClO6P/c1-2-28-22(24)18-30(29-23(25,26)27,19-12-6-3-7-13-19,20-14-8-4-9-15-20)21-16-10-5-11-17-21/h3-17H,2,18H2,1H3. The molecule has 6 nitrogen and oxygen atoms in total. The van der Waals surface area contributed by atoms with Crippen LogP contribution in [0.4, 0.5) is 0 Å². The number of carbonyl (C=O) groups is 1. The maximum atomic E-state index is 12.9. The molecule has 0 saturated heterocycles. The Labute approximate surface area is 177 Å². The molecule has 0 N–H and O–H groups in total. The van der Waals surface area contributed by atoms with Gasteiger partial charge in [0.2, 0.25) is 0 Å². The van der Waals surface area contributed by atoms with Crippen LogP contribution in [0.15, 0.2) is 91.0 Å². The molecule has 0 saturated carbocycles. The van der Waals surface area contributed by atoms with E-state index in [-0.39, 0.29) is 6.61 Å². The van der Waals surface area contributed by atoms with Crippen LogP contribution in [0.5, 0.6) is 0 Å². The first kappa shape index (κ1) is 22.4. The molecule has 0 spiro atoms. The summed E-state index contributed by atoms with van der Waals surface area (Å²) in [6.45, 7) is -2.86. The van der Waals surface area contributed by atoms with E-state index in [1.807, 2.05) is 0 Å². The molecule has 0 atom stereocenters. The summed E-state index contributed by atoms with van der Waals surface area (Å²) in [6, 6.07) is 25.6. The summed E-state index contributed by atoms with van der Waals surface area (Å²) in [5.74, 6) is -0.662. The number of carbonyl (C=O) groups excluding carboxylic acids is 1. The number of rotatable bonds is 8. The SMILES string of the molecule is CCOC(=O)CP(O[Cl+3]([O-])([O-])[O-])(c1ccccc1)(c1ccccc1)c1ccccc1. The predicted octanol–water partition coefficient (Wildman–Crippen LogP) is -0.0918. The van der Waals surface area contributed by atoms with Gasteiger partial charge in [-0.25, -0.2) is 0 Å². The molecule has 0 heterocycles. The molecule has 8 heteroatoms. The number of ether oxygens (including phenoxy) is 1. The van der Waals surface area contributed by atoms with Gasteiger partial charge in [0.15, 0.2) is 0 Å². The number of hydrogen-bond acceptors (Lipinski definition) is 6. The van der Waals surface area contributed by atoms with E-state index in [9.17, 15) is 18.8 Å². The number of esters is 1. The van der Waals surface area contributed by atoms with Gasteiger partial charge in [0.25, 0.3) is 0 Å². The van der Waals surface area contributed by atoms with Crippen molar-refractivity contribution in [1.29, 1.82) is 0 Å². The van der Waals surface area contributed by atoms with E-state index in [1.54, 1.807) is 97.9 Å². The van der Waals surface area contributed by atoms with Crippen molar-refractivity contribution < 1.29 is 37.8 Å². The molecule has 158 valence electrons. The second kappa shape index (κ2) is 8.82. The third kappa shape index (κ3) is 4.12. The summed E-state index contributed by atoms with van der Waals surface area (Å²) in [4.78, 5) is 12.9.